The molecule has 0 unspecified atom stereocenters. The molecule has 4 rings (SSSR count). The Bertz CT molecular complexity index is 934. The van der Waals surface area contributed by atoms with E-state index in [9.17, 15) is 4.79 Å². The fraction of sp³-hybridized carbons (Fsp3) is 0.0556. The minimum absolute atomic E-state index is 0.0781. The van der Waals surface area contributed by atoms with Gasteiger partial charge in [-0.25, -0.2) is 0 Å². The Morgan fingerprint density at radius 1 is 0.880 bits per heavy atom. The van der Waals surface area contributed by atoms with Crippen molar-refractivity contribution in [3.05, 3.63) is 72.1 Å². The van der Waals surface area contributed by atoms with E-state index in [0.29, 0.717) is 5.69 Å². The molecular formula is C18H16MnN2O4. The first-order chi connectivity index (χ1) is 12.2. The van der Waals surface area contributed by atoms with Crippen molar-refractivity contribution in [3.8, 4) is 0 Å². The summed E-state index contributed by atoms with van der Waals surface area (Å²) in [5.41, 5.74) is 3.59. The average molecular weight is 379 g/mol. The number of aldehydes is 1. The van der Waals surface area contributed by atoms with Gasteiger partial charge < -0.3 is 15.1 Å². The van der Waals surface area contributed by atoms with Crippen LogP contribution in [-0.4, -0.2) is 21.4 Å². The Balaban J connectivity index is 0.000000156. The van der Waals surface area contributed by atoms with E-state index in [1.54, 1.807) is 0 Å². The summed E-state index contributed by atoms with van der Waals surface area (Å²) in [5, 5.41) is 11.0. The third-order valence-corrected chi connectivity index (χ3v) is 3.43. The van der Waals surface area contributed by atoms with E-state index in [1.165, 1.54) is 0 Å². The van der Waals surface area contributed by atoms with Crippen molar-refractivity contribution in [3.63, 3.8) is 0 Å². The van der Waals surface area contributed by atoms with Crippen molar-refractivity contribution in [1.82, 2.24) is 9.97 Å². The molecule has 7 heteroatoms. The molecule has 0 aliphatic heterocycles. The van der Waals surface area contributed by atoms with Gasteiger partial charge in [0.15, 0.2) is 6.29 Å². The van der Waals surface area contributed by atoms with Crippen molar-refractivity contribution in [2.45, 2.75) is 6.61 Å². The number of carbonyl (C=O) groups is 1. The minimum atomic E-state index is -1.44. The monoisotopic (exact) mass is 379 g/mol. The molecule has 0 atom stereocenters. The predicted molar refractivity (Wildman–Crippen MR) is 89.3 cm³/mol. The third kappa shape index (κ3) is 5.12. The molecule has 4 aromatic rings. The summed E-state index contributed by atoms with van der Waals surface area (Å²) in [7, 11) is 0. The Kier molecular flexibility index (Phi) is 7.10. The van der Waals surface area contributed by atoms with Crippen LogP contribution >= 0.6 is 0 Å². The Morgan fingerprint density at radius 2 is 1.40 bits per heavy atom. The van der Waals surface area contributed by atoms with E-state index in [2.05, 4.69) is 9.97 Å². The summed E-state index contributed by atoms with van der Waals surface area (Å²) in [6, 6.07) is 19.6. The Morgan fingerprint density at radius 3 is 1.88 bits per heavy atom. The molecular weight excluding hydrogens is 363 g/mol. The molecule has 2 aromatic carbocycles. The van der Waals surface area contributed by atoms with Crippen molar-refractivity contribution in [2.24, 2.45) is 0 Å². The number of carbonyl (C=O) groups excluding carboxylic acids is 1. The molecule has 3 N–H and O–H groups in total. The van der Waals surface area contributed by atoms with E-state index in [-0.39, 0.29) is 6.61 Å². The van der Waals surface area contributed by atoms with Crippen LogP contribution in [0.5, 0.6) is 0 Å². The summed E-state index contributed by atoms with van der Waals surface area (Å²) < 4.78 is 16.8. The van der Waals surface area contributed by atoms with E-state index in [1.807, 2.05) is 60.7 Å². The van der Waals surface area contributed by atoms with Crippen molar-refractivity contribution >= 4 is 28.1 Å². The molecule has 25 heavy (non-hydrogen) atoms. The van der Waals surface area contributed by atoms with E-state index < -0.39 is 14.8 Å². The van der Waals surface area contributed by atoms with Crippen LogP contribution in [0.15, 0.2) is 60.7 Å². The normalized spacial score (nSPS) is 9.64. The van der Waals surface area contributed by atoms with Crippen LogP contribution < -0.4 is 0 Å². The zero-order chi connectivity index (χ0) is 18.1. The number of H-pyrrole nitrogens is 2. The molecule has 6 nitrogen and oxygen atoms in total. The fourth-order valence-electron chi connectivity index (χ4n) is 2.38. The number of benzene rings is 2. The second kappa shape index (κ2) is 9.54. The molecule has 2 aromatic heterocycles. The number of para-hydroxylation sites is 2. The number of hydrogen-bond acceptors (Lipinski definition) is 4. The van der Waals surface area contributed by atoms with Crippen LogP contribution in [0, 0.1) is 0 Å². The fourth-order valence-corrected chi connectivity index (χ4v) is 2.38. The molecule has 0 aliphatic carbocycles. The second-order valence-corrected chi connectivity index (χ2v) is 5.23. The van der Waals surface area contributed by atoms with Crippen LogP contribution in [0.2, 0.25) is 0 Å². The number of aliphatic hydroxyl groups excluding tert-OH is 1. The first-order valence-corrected chi connectivity index (χ1v) is 8.28. The number of rotatable bonds is 2. The Labute approximate surface area is 149 Å². The number of aliphatic hydroxyl groups is 1. The molecule has 0 fully saturated rings. The standard InChI is InChI=1S/C9H9NO.C9H7NO.Mn.2O/c2*11-6-8-5-7-3-1-2-4-9(7)10-8;;;/h1-5,10-11H,6H2;1-6,10H;;;. The number of nitrogens with one attached hydrogen (secondary N) is 2. The van der Waals surface area contributed by atoms with Crippen LogP contribution in [0.4, 0.5) is 0 Å². The van der Waals surface area contributed by atoms with Crippen LogP contribution in [0.3, 0.4) is 0 Å². The van der Waals surface area contributed by atoms with Gasteiger partial charge in [0.25, 0.3) is 0 Å². The molecule has 129 valence electrons. The maximum atomic E-state index is 10.3. The van der Waals surface area contributed by atoms with Gasteiger partial charge in [-0.05, 0) is 29.7 Å². The quantitative estimate of drug-likeness (QED) is 0.367. The zero-order valence-corrected chi connectivity index (χ0v) is 14.3. The summed E-state index contributed by atoms with van der Waals surface area (Å²) in [5.74, 6) is 0. The van der Waals surface area contributed by atoms with Gasteiger partial charge >= 0.3 is 22.5 Å². The molecule has 0 radical (unpaired) electrons. The predicted octanol–water partition coefficient (Wildman–Crippen LogP) is 3.40. The topological polar surface area (TPSA) is 103 Å². The number of aromatic amines is 2. The van der Waals surface area contributed by atoms with Crippen molar-refractivity contribution < 1.29 is 32.4 Å². The van der Waals surface area contributed by atoms with Gasteiger partial charge in [0.1, 0.15) is 0 Å². The summed E-state index contributed by atoms with van der Waals surface area (Å²) in [4.78, 5) is 16.4. The molecule has 2 heterocycles. The average Bonchev–Trinajstić information content (AvgIpc) is 3.26. The number of aromatic nitrogens is 2. The number of fused-ring (bicyclic) bond motifs is 2. The van der Waals surface area contributed by atoms with Crippen molar-refractivity contribution in [1.29, 1.82) is 0 Å². The number of hydrogen-bond donors (Lipinski definition) is 3. The first-order valence-electron chi connectivity index (χ1n) is 7.31. The molecule has 0 spiro atoms. The molecule has 0 saturated heterocycles. The van der Waals surface area contributed by atoms with Gasteiger partial charge in [-0.15, -0.1) is 0 Å². The van der Waals surface area contributed by atoms with Gasteiger partial charge in [-0.2, -0.15) is 0 Å². The SMILES string of the molecule is O=Cc1cc2ccccc2[nH]1.OCc1cc2ccccc2[nH]1.[O]=[Mn]=[O]. The first kappa shape index (κ1) is 18.6. The van der Waals surface area contributed by atoms with E-state index in [4.69, 9.17) is 12.8 Å². The van der Waals surface area contributed by atoms with Crippen molar-refractivity contribution in [2.75, 3.05) is 0 Å². The third-order valence-electron chi connectivity index (χ3n) is 3.43. The molecule has 0 bridgehead atoms. The second-order valence-electron chi connectivity index (χ2n) is 5.03. The van der Waals surface area contributed by atoms with Gasteiger partial charge in [0.05, 0.1) is 12.3 Å². The van der Waals surface area contributed by atoms with Gasteiger partial charge in [-0.1, -0.05) is 36.4 Å². The van der Waals surface area contributed by atoms with Gasteiger partial charge in [0.2, 0.25) is 0 Å². The molecule has 0 amide bonds. The summed E-state index contributed by atoms with van der Waals surface area (Å²) >= 11 is -1.44. The van der Waals surface area contributed by atoms with Gasteiger partial charge in [0, 0.05) is 22.1 Å². The summed E-state index contributed by atoms with van der Waals surface area (Å²) in [6.45, 7) is 0.0781. The summed E-state index contributed by atoms with van der Waals surface area (Å²) in [6.07, 6.45) is 0.819. The van der Waals surface area contributed by atoms with Crippen LogP contribution in [0.25, 0.3) is 21.8 Å². The van der Waals surface area contributed by atoms with E-state index in [0.717, 1.165) is 33.8 Å². The van der Waals surface area contributed by atoms with Crippen LogP contribution in [0.1, 0.15) is 16.2 Å². The Hall–Kier alpha value is -2.73. The molecule has 0 aliphatic rings. The van der Waals surface area contributed by atoms with Crippen LogP contribution in [-0.2, 0) is 29.1 Å². The van der Waals surface area contributed by atoms with E-state index >= 15 is 0 Å². The van der Waals surface area contributed by atoms with Gasteiger partial charge in [-0.3, -0.25) is 4.79 Å². The molecule has 0 saturated carbocycles. The maximum absolute atomic E-state index is 10.3. The zero-order valence-electron chi connectivity index (χ0n) is 13.1.